The number of fused-ring (bicyclic) bond motifs is 1. The molecular formula is C15H12N2O2S. The van der Waals surface area contributed by atoms with Crippen molar-refractivity contribution < 1.29 is 8.42 Å². The van der Waals surface area contributed by atoms with Crippen molar-refractivity contribution in [3.05, 3.63) is 60.7 Å². The van der Waals surface area contributed by atoms with Crippen LogP contribution in [0.5, 0.6) is 0 Å². The molecule has 0 aliphatic heterocycles. The van der Waals surface area contributed by atoms with Gasteiger partial charge in [0.1, 0.15) is 0 Å². The molecule has 0 aliphatic carbocycles. The van der Waals surface area contributed by atoms with E-state index in [1.165, 1.54) is 6.07 Å². The van der Waals surface area contributed by atoms with Gasteiger partial charge in [-0.1, -0.05) is 42.5 Å². The molecule has 0 saturated heterocycles. The lowest BCUT2D eigenvalue weighted by atomic mass is 10.1. The van der Waals surface area contributed by atoms with Crippen LogP contribution in [-0.4, -0.2) is 13.4 Å². The molecule has 4 nitrogen and oxygen atoms in total. The molecule has 3 rings (SSSR count). The minimum Gasteiger partial charge on any atom is -0.248 e. The molecule has 2 aromatic carbocycles. The first-order chi connectivity index (χ1) is 9.55. The Morgan fingerprint density at radius 1 is 0.850 bits per heavy atom. The van der Waals surface area contributed by atoms with E-state index in [1.54, 1.807) is 24.3 Å². The number of primary sulfonamides is 1. The average molecular weight is 284 g/mol. The minimum atomic E-state index is -3.77. The SMILES string of the molecule is NS(=O)(=O)c1ccccc1-c1ccc2ccccc2n1. The van der Waals surface area contributed by atoms with Crippen LogP contribution in [0, 0.1) is 0 Å². The van der Waals surface area contributed by atoms with E-state index in [-0.39, 0.29) is 4.90 Å². The van der Waals surface area contributed by atoms with Crippen molar-refractivity contribution in [1.82, 2.24) is 4.98 Å². The maximum absolute atomic E-state index is 11.6. The Morgan fingerprint density at radius 3 is 2.35 bits per heavy atom. The quantitative estimate of drug-likeness (QED) is 0.786. The molecule has 0 saturated carbocycles. The summed E-state index contributed by atoms with van der Waals surface area (Å²) in [5.74, 6) is 0. The molecule has 0 aliphatic rings. The summed E-state index contributed by atoms with van der Waals surface area (Å²) >= 11 is 0. The summed E-state index contributed by atoms with van der Waals surface area (Å²) in [5, 5.41) is 6.26. The van der Waals surface area contributed by atoms with E-state index in [4.69, 9.17) is 5.14 Å². The smallest absolute Gasteiger partial charge is 0.238 e. The lowest BCUT2D eigenvalue weighted by molar-refractivity contribution is 0.598. The lowest BCUT2D eigenvalue weighted by Crippen LogP contribution is -2.13. The number of benzene rings is 2. The summed E-state index contributed by atoms with van der Waals surface area (Å²) in [7, 11) is -3.77. The van der Waals surface area contributed by atoms with Crippen LogP contribution in [0.25, 0.3) is 22.2 Å². The van der Waals surface area contributed by atoms with Gasteiger partial charge in [-0.25, -0.2) is 18.5 Å². The monoisotopic (exact) mass is 284 g/mol. The van der Waals surface area contributed by atoms with E-state index in [0.717, 1.165) is 10.9 Å². The zero-order valence-corrected chi connectivity index (χ0v) is 11.3. The van der Waals surface area contributed by atoms with Crippen LogP contribution >= 0.6 is 0 Å². The highest BCUT2D eigenvalue weighted by Gasteiger charge is 2.15. The van der Waals surface area contributed by atoms with Crippen molar-refractivity contribution in [3.8, 4) is 11.3 Å². The number of para-hydroxylation sites is 1. The molecule has 1 aromatic heterocycles. The van der Waals surface area contributed by atoms with Crippen molar-refractivity contribution in [3.63, 3.8) is 0 Å². The normalized spacial score (nSPS) is 11.7. The van der Waals surface area contributed by atoms with Gasteiger partial charge in [0, 0.05) is 10.9 Å². The molecule has 100 valence electrons. The first kappa shape index (κ1) is 12.8. The van der Waals surface area contributed by atoms with E-state index in [9.17, 15) is 8.42 Å². The van der Waals surface area contributed by atoms with Gasteiger partial charge in [-0.05, 0) is 18.2 Å². The second-order valence-electron chi connectivity index (χ2n) is 4.43. The summed E-state index contributed by atoms with van der Waals surface area (Å²) in [5.41, 5.74) is 1.92. The van der Waals surface area contributed by atoms with Crippen LogP contribution in [0.1, 0.15) is 0 Å². The number of rotatable bonds is 2. The van der Waals surface area contributed by atoms with Crippen LogP contribution in [0.2, 0.25) is 0 Å². The number of hydrogen-bond donors (Lipinski definition) is 1. The molecule has 0 bridgehead atoms. The van der Waals surface area contributed by atoms with Crippen LogP contribution in [0.3, 0.4) is 0 Å². The fraction of sp³-hybridized carbons (Fsp3) is 0. The van der Waals surface area contributed by atoms with Crippen molar-refractivity contribution in [2.75, 3.05) is 0 Å². The van der Waals surface area contributed by atoms with Crippen molar-refractivity contribution in [1.29, 1.82) is 0 Å². The highest BCUT2D eigenvalue weighted by molar-refractivity contribution is 7.89. The molecular weight excluding hydrogens is 272 g/mol. The maximum atomic E-state index is 11.6. The van der Waals surface area contributed by atoms with E-state index in [0.29, 0.717) is 11.3 Å². The largest absolute Gasteiger partial charge is 0.248 e. The van der Waals surface area contributed by atoms with Gasteiger partial charge in [-0.2, -0.15) is 0 Å². The van der Waals surface area contributed by atoms with Gasteiger partial charge >= 0.3 is 0 Å². The van der Waals surface area contributed by atoms with E-state index in [1.807, 2.05) is 30.3 Å². The standard InChI is InChI=1S/C15H12N2O2S/c16-20(18,19)15-8-4-2-6-12(15)14-10-9-11-5-1-3-7-13(11)17-14/h1-10H,(H2,16,18,19). The van der Waals surface area contributed by atoms with E-state index >= 15 is 0 Å². The van der Waals surface area contributed by atoms with Gasteiger partial charge in [0.15, 0.2) is 0 Å². The Labute approximate surface area is 116 Å². The molecule has 1 heterocycles. The summed E-state index contributed by atoms with van der Waals surface area (Å²) in [6.07, 6.45) is 0. The lowest BCUT2D eigenvalue weighted by Gasteiger charge is -2.08. The fourth-order valence-corrected chi connectivity index (χ4v) is 2.89. The topological polar surface area (TPSA) is 73.1 Å². The number of aromatic nitrogens is 1. The second kappa shape index (κ2) is 4.70. The van der Waals surface area contributed by atoms with Gasteiger partial charge < -0.3 is 0 Å². The van der Waals surface area contributed by atoms with E-state index in [2.05, 4.69) is 4.98 Å². The third kappa shape index (κ3) is 2.29. The zero-order valence-electron chi connectivity index (χ0n) is 10.5. The fourth-order valence-electron chi connectivity index (χ4n) is 2.14. The molecule has 5 heteroatoms. The molecule has 0 spiro atoms. The van der Waals surface area contributed by atoms with Crippen molar-refractivity contribution in [2.45, 2.75) is 4.90 Å². The summed E-state index contributed by atoms with van der Waals surface area (Å²) in [4.78, 5) is 4.59. The molecule has 0 amide bonds. The molecule has 0 unspecified atom stereocenters. The predicted molar refractivity (Wildman–Crippen MR) is 78.6 cm³/mol. The Balaban J connectivity index is 2.26. The third-order valence-corrected chi connectivity index (χ3v) is 4.04. The van der Waals surface area contributed by atoms with Crippen LogP contribution in [0.4, 0.5) is 0 Å². The molecule has 20 heavy (non-hydrogen) atoms. The van der Waals surface area contributed by atoms with Crippen LogP contribution in [-0.2, 0) is 10.0 Å². The average Bonchev–Trinajstić information content (AvgIpc) is 2.46. The zero-order chi connectivity index (χ0) is 14.2. The van der Waals surface area contributed by atoms with Gasteiger partial charge in [0.05, 0.1) is 16.1 Å². The summed E-state index contributed by atoms with van der Waals surface area (Å²) < 4.78 is 23.3. The molecule has 2 N–H and O–H groups in total. The summed E-state index contributed by atoms with van der Waals surface area (Å²) in [6, 6.07) is 18.0. The second-order valence-corrected chi connectivity index (χ2v) is 5.96. The minimum absolute atomic E-state index is 0.0859. The number of nitrogens with two attached hydrogens (primary N) is 1. The van der Waals surface area contributed by atoms with Gasteiger partial charge in [-0.15, -0.1) is 0 Å². The first-order valence-corrected chi connectivity index (χ1v) is 7.58. The molecule has 0 atom stereocenters. The van der Waals surface area contributed by atoms with Crippen LogP contribution < -0.4 is 5.14 Å². The van der Waals surface area contributed by atoms with Gasteiger partial charge in [0.2, 0.25) is 10.0 Å². The molecule has 3 aromatic rings. The molecule has 0 fully saturated rings. The molecule has 0 radical (unpaired) electrons. The van der Waals surface area contributed by atoms with Crippen molar-refractivity contribution in [2.24, 2.45) is 5.14 Å². The van der Waals surface area contributed by atoms with Gasteiger partial charge in [-0.3, -0.25) is 0 Å². The highest BCUT2D eigenvalue weighted by atomic mass is 32.2. The highest BCUT2D eigenvalue weighted by Crippen LogP contribution is 2.26. The number of sulfonamides is 1. The maximum Gasteiger partial charge on any atom is 0.238 e. The number of hydrogen-bond acceptors (Lipinski definition) is 3. The Hall–Kier alpha value is -2.24. The van der Waals surface area contributed by atoms with Crippen LogP contribution in [0.15, 0.2) is 65.6 Å². The number of nitrogens with zero attached hydrogens (tertiary/aromatic N) is 1. The Kier molecular flexibility index (Phi) is 3.00. The third-order valence-electron chi connectivity index (χ3n) is 3.07. The number of pyridine rings is 1. The van der Waals surface area contributed by atoms with Gasteiger partial charge in [0.25, 0.3) is 0 Å². The predicted octanol–water partition coefficient (Wildman–Crippen LogP) is 2.55. The van der Waals surface area contributed by atoms with E-state index < -0.39 is 10.0 Å². The Bertz CT molecular complexity index is 889. The Morgan fingerprint density at radius 2 is 1.55 bits per heavy atom. The van der Waals surface area contributed by atoms with Crippen molar-refractivity contribution >= 4 is 20.9 Å². The first-order valence-electron chi connectivity index (χ1n) is 6.04. The summed E-state index contributed by atoms with van der Waals surface area (Å²) in [6.45, 7) is 0.